The highest BCUT2D eigenvalue weighted by Crippen LogP contribution is 2.51. The van der Waals surface area contributed by atoms with Crippen molar-refractivity contribution >= 4 is 27.2 Å². The van der Waals surface area contributed by atoms with Gasteiger partial charge < -0.3 is 5.32 Å². The third kappa shape index (κ3) is 2.24. The number of allylic oxidation sites excluding steroid dienone is 2. The van der Waals surface area contributed by atoms with Gasteiger partial charge >= 0.3 is 0 Å². The number of benzene rings is 4. The van der Waals surface area contributed by atoms with Crippen LogP contribution in [0.3, 0.4) is 0 Å². The molecule has 0 fully saturated rings. The van der Waals surface area contributed by atoms with Gasteiger partial charge in [0.15, 0.2) is 0 Å². The van der Waals surface area contributed by atoms with Crippen LogP contribution in [0.25, 0.3) is 21.5 Å². The normalized spacial score (nSPS) is 23.2. The van der Waals surface area contributed by atoms with Gasteiger partial charge in [0.05, 0.1) is 6.04 Å². The van der Waals surface area contributed by atoms with E-state index in [0.717, 1.165) is 6.42 Å². The lowest BCUT2D eigenvalue weighted by molar-refractivity contribution is 0.426. The van der Waals surface area contributed by atoms with E-state index in [1.54, 1.807) is 0 Å². The van der Waals surface area contributed by atoms with Gasteiger partial charge in [-0.25, -0.2) is 0 Å². The summed E-state index contributed by atoms with van der Waals surface area (Å²) >= 11 is 0. The summed E-state index contributed by atoms with van der Waals surface area (Å²) in [5, 5.41) is 9.22. The predicted molar refractivity (Wildman–Crippen MR) is 114 cm³/mol. The maximum atomic E-state index is 3.95. The van der Waals surface area contributed by atoms with E-state index in [-0.39, 0.29) is 0 Å². The zero-order valence-corrected chi connectivity index (χ0v) is 15.1. The lowest BCUT2D eigenvalue weighted by Crippen LogP contribution is -2.29. The monoisotopic (exact) mass is 347 g/mol. The van der Waals surface area contributed by atoms with Crippen molar-refractivity contribution in [3.63, 3.8) is 0 Å². The number of nitrogens with one attached hydrogen (secondary N) is 1. The van der Waals surface area contributed by atoms with E-state index in [1.807, 2.05) is 0 Å². The molecule has 1 heterocycles. The number of hydrogen-bond acceptors (Lipinski definition) is 1. The van der Waals surface area contributed by atoms with Gasteiger partial charge in [-0.3, -0.25) is 0 Å². The predicted octanol–water partition coefficient (Wildman–Crippen LogP) is 6.82. The van der Waals surface area contributed by atoms with E-state index < -0.39 is 0 Å². The van der Waals surface area contributed by atoms with Gasteiger partial charge in [0, 0.05) is 17.0 Å². The van der Waals surface area contributed by atoms with Crippen LogP contribution in [0.4, 0.5) is 5.69 Å². The molecule has 2 aliphatic rings. The van der Waals surface area contributed by atoms with E-state index in [0.29, 0.717) is 17.9 Å². The van der Waals surface area contributed by atoms with Gasteiger partial charge in [0.2, 0.25) is 0 Å². The smallest absolute Gasteiger partial charge is 0.0554 e. The van der Waals surface area contributed by atoms with E-state index in [4.69, 9.17) is 0 Å². The zero-order chi connectivity index (χ0) is 17.8. The SMILES string of the molecule is C1=CC2c3ccc4ccccc4c3NC(c3ccc4ccccc4c3)C2C1. The minimum Gasteiger partial charge on any atom is -0.377 e. The Balaban J connectivity index is 1.54. The molecule has 0 bridgehead atoms. The molecule has 27 heavy (non-hydrogen) atoms. The Bertz CT molecular complexity index is 1200. The fourth-order valence-electron chi connectivity index (χ4n) is 5.07. The van der Waals surface area contributed by atoms with Gasteiger partial charge in [-0.1, -0.05) is 84.9 Å². The van der Waals surface area contributed by atoms with Crippen molar-refractivity contribution in [3.8, 4) is 0 Å². The molecule has 0 aromatic heterocycles. The minimum absolute atomic E-state index is 0.341. The summed E-state index contributed by atoms with van der Waals surface area (Å²) in [5.41, 5.74) is 4.16. The van der Waals surface area contributed by atoms with Crippen LogP contribution in [0.5, 0.6) is 0 Å². The van der Waals surface area contributed by atoms with Crippen molar-refractivity contribution in [1.29, 1.82) is 0 Å². The molecule has 0 amide bonds. The third-order valence-corrected chi connectivity index (χ3v) is 6.39. The summed E-state index contributed by atoms with van der Waals surface area (Å²) in [4.78, 5) is 0. The van der Waals surface area contributed by atoms with Crippen molar-refractivity contribution < 1.29 is 0 Å². The van der Waals surface area contributed by atoms with Gasteiger partial charge in [-0.2, -0.15) is 0 Å². The van der Waals surface area contributed by atoms with Gasteiger partial charge in [-0.15, -0.1) is 0 Å². The van der Waals surface area contributed by atoms with Crippen molar-refractivity contribution in [2.75, 3.05) is 5.32 Å². The van der Waals surface area contributed by atoms with E-state index in [1.165, 1.54) is 38.4 Å². The van der Waals surface area contributed by atoms with Crippen LogP contribution in [0.1, 0.15) is 29.5 Å². The van der Waals surface area contributed by atoms with Gasteiger partial charge in [-0.05, 0) is 45.7 Å². The topological polar surface area (TPSA) is 12.0 Å². The summed E-state index contributed by atoms with van der Waals surface area (Å²) in [6.45, 7) is 0. The van der Waals surface area contributed by atoms with Crippen LogP contribution >= 0.6 is 0 Å². The van der Waals surface area contributed by atoms with Gasteiger partial charge in [0.25, 0.3) is 0 Å². The molecule has 3 atom stereocenters. The van der Waals surface area contributed by atoms with Crippen molar-refractivity contribution in [2.24, 2.45) is 5.92 Å². The maximum Gasteiger partial charge on any atom is 0.0554 e. The van der Waals surface area contributed by atoms with E-state index in [9.17, 15) is 0 Å². The molecule has 1 aliphatic carbocycles. The first-order chi connectivity index (χ1) is 13.4. The highest BCUT2D eigenvalue weighted by molar-refractivity contribution is 5.96. The van der Waals surface area contributed by atoms with Crippen LogP contribution in [0.15, 0.2) is 91.0 Å². The lowest BCUT2D eigenvalue weighted by Gasteiger charge is -2.38. The summed E-state index contributed by atoms with van der Waals surface area (Å²) in [7, 11) is 0. The quantitative estimate of drug-likeness (QED) is 0.373. The summed E-state index contributed by atoms with van der Waals surface area (Å²) in [6.07, 6.45) is 5.93. The molecule has 0 saturated carbocycles. The molecule has 0 saturated heterocycles. The van der Waals surface area contributed by atoms with Crippen LogP contribution in [-0.4, -0.2) is 0 Å². The molecular formula is C26H21N. The molecular weight excluding hydrogens is 326 g/mol. The number of anilines is 1. The van der Waals surface area contributed by atoms with Crippen LogP contribution in [0.2, 0.25) is 0 Å². The fourth-order valence-corrected chi connectivity index (χ4v) is 5.07. The molecule has 130 valence electrons. The van der Waals surface area contributed by atoms with Crippen LogP contribution in [0, 0.1) is 5.92 Å². The third-order valence-electron chi connectivity index (χ3n) is 6.39. The minimum atomic E-state index is 0.341. The van der Waals surface area contributed by atoms with Crippen molar-refractivity contribution in [1.82, 2.24) is 0 Å². The average Bonchev–Trinajstić information content (AvgIpc) is 3.23. The second-order valence-corrected chi connectivity index (χ2v) is 7.83. The van der Waals surface area contributed by atoms with Crippen LogP contribution < -0.4 is 5.32 Å². The molecule has 4 aromatic rings. The Morgan fingerprint density at radius 3 is 2.44 bits per heavy atom. The van der Waals surface area contributed by atoms with E-state index in [2.05, 4.69) is 96.3 Å². The molecule has 0 spiro atoms. The molecule has 1 nitrogen and oxygen atoms in total. The highest BCUT2D eigenvalue weighted by atomic mass is 15.0. The Morgan fingerprint density at radius 2 is 1.52 bits per heavy atom. The molecule has 4 aromatic carbocycles. The molecule has 0 radical (unpaired) electrons. The first kappa shape index (κ1) is 15.0. The average molecular weight is 347 g/mol. The fraction of sp³-hybridized carbons (Fsp3) is 0.154. The Hall–Kier alpha value is -3.06. The van der Waals surface area contributed by atoms with Crippen molar-refractivity contribution in [3.05, 3.63) is 102 Å². The molecule has 1 N–H and O–H groups in total. The largest absolute Gasteiger partial charge is 0.377 e. The van der Waals surface area contributed by atoms with Crippen LogP contribution in [-0.2, 0) is 0 Å². The summed E-state index contributed by atoms with van der Waals surface area (Å²) in [6, 6.07) is 29.3. The van der Waals surface area contributed by atoms with E-state index >= 15 is 0 Å². The zero-order valence-electron chi connectivity index (χ0n) is 15.1. The number of rotatable bonds is 1. The highest BCUT2D eigenvalue weighted by Gasteiger charge is 2.38. The summed E-state index contributed by atoms with van der Waals surface area (Å²) < 4.78 is 0. The standard InChI is InChI=1S/C26H21N/c1-2-8-19-16-20(13-12-17(19)6-1)25-23-11-5-10-22(23)24-15-14-18-7-3-4-9-21(18)26(24)27-25/h1-10,12-16,22-23,25,27H,11H2. The maximum absolute atomic E-state index is 3.95. The molecule has 3 unspecified atom stereocenters. The first-order valence-electron chi connectivity index (χ1n) is 9.82. The van der Waals surface area contributed by atoms with Crippen molar-refractivity contribution in [2.45, 2.75) is 18.4 Å². The number of hydrogen-bond donors (Lipinski definition) is 1. The number of fused-ring (bicyclic) bond motifs is 6. The Labute approximate surface area is 159 Å². The second kappa shape index (κ2) is 5.72. The summed E-state index contributed by atoms with van der Waals surface area (Å²) in [5.74, 6) is 1.09. The molecule has 6 rings (SSSR count). The molecule has 1 aliphatic heterocycles. The Morgan fingerprint density at radius 1 is 0.741 bits per heavy atom. The Kier molecular flexibility index (Phi) is 3.19. The molecule has 1 heteroatoms. The second-order valence-electron chi connectivity index (χ2n) is 7.83. The van der Waals surface area contributed by atoms with Gasteiger partial charge in [0.1, 0.15) is 0 Å². The lowest BCUT2D eigenvalue weighted by atomic mass is 9.76. The first-order valence-corrected chi connectivity index (χ1v) is 9.82.